The predicted molar refractivity (Wildman–Crippen MR) is 135 cm³/mol. The highest BCUT2D eigenvalue weighted by Gasteiger charge is 2.51. The largest absolute Gasteiger partial charge is 0.494 e. The van der Waals surface area contributed by atoms with Crippen molar-refractivity contribution in [2.24, 2.45) is 0 Å². The zero-order chi connectivity index (χ0) is 24.1. The van der Waals surface area contributed by atoms with Gasteiger partial charge in [0, 0.05) is 0 Å². The first-order valence-electron chi connectivity index (χ1n) is 11.7. The van der Waals surface area contributed by atoms with Gasteiger partial charge >= 0.3 is 7.12 Å². The highest BCUT2D eigenvalue weighted by atomic mass is 16.7. The Labute approximate surface area is 201 Å². The van der Waals surface area contributed by atoms with Gasteiger partial charge in [-0.1, -0.05) is 48.0 Å². The molecule has 0 atom stereocenters. The zero-order valence-electron chi connectivity index (χ0n) is 20.4. The van der Waals surface area contributed by atoms with E-state index in [0.717, 1.165) is 27.8 Å². The first-order chi connectivity index (χ1) is 16.1. The van der Waals surface area contributed by atoms with E-state index in [1.807, 2.05) is 95.3 Å². The van der Waals surface area contributed by atoms with Crippen molar-refractivity contribution in [1.82, 2.24) is 0 Å². The summed E-state index contributed by atoms with van der Waals surface area (Å²) in [4.78, 5) is 14.9. The molecule has 34 heavy (non-hydrogen) atoms. The molecule has 0 bridgehead atoms. The number of anilines is 1. The quantitative estimate of drug-likeness (QED) is 0.509. The highest BCUT2D eigenvalue weighted by Crippen LogP contribution is 2.39. The van der Waals surface area contributed by atoms with Crippen LogP contribution in [0.25, 0.3) is 0 Å². The van der Waals surface area contributed by atoms with E-state index in [2.05, 4.69) is 6.07 Å². The average molecular weight is 455 g/mol. The fraction of sp³-hybridized carbons (Fsp3) is 0.321. The van der Waals surface area contributed by atoms with E-state index in [4.69, 9.17) is 14.0 Å². The van der Waals surface area contributed by atoms with E-state index in [-0.39, 0.29) is 5.91 Å². The molecule has 0 radical (unpaired) electrons. The van der Waals surface area contributed by atoms with Gasteiger partial charge in [-0.05, 0) is 75.5 Å². The van der Waals surface area contributed by atoms with Gasteiger partial charge in [0.2, 0.25) is 5.91 Å². The summed E-state index contributed by atoms with van der Waals surface area (Å²) in [7, 11) is -0.516. The maximum Gasteiger partial charge on any atom is 0.494 e. The number of hydrogen-bond donors (Lipinski definition) is 0. The minimum Gasteiger partial charge on any atom is -0.455 e. The topological polar surface area (TPSA) is 48.0 Å². The van der Waals surface area contributed by atoms with E-state index < -0.39 is 18.3 Å². The Morgan fingerprint density at radius 3 is 2.21 bits per heavy atom. The molecular weight excluding hydrogens is 425 g/mol. The molecule has 5 nitrogen and oxygen atoms in total. The summed E-state index contributed by atoms with van der Waals surface area (Å²) >= 11 is 0. The number of aryl methyl sites for hydroxylation is 1. The van der Waals surface area contributed by atoms with Crippen LogP contribution in [0.3, 0.4) is 0 Å². The van der Waals surface area contributed by atoms with Gasteiger partial charge in [-0.3, -0.25) is 4.79 Å². The number of carbonyl (C=O) groups excluding carboxylic acids is 1. The SMILES string of the molecule is Cc1ccc(Oc2cc(B3OC(C)(C)C(C)(C)O3)ccc2N2Cc3ccccc3CC2=O)cc1. The summed E-state index contributed by atoms with van der Waals surface area (Å²) in [5, 5.41) is 0. The van der Waals surface area contributed by atoms with Gasteiger partial charge in [-0.15, -0.1) is 0 Å². The van der Waals surface area contributed by atoms with Crippen LogP contribution >= 0.6 is 0 Å². The van der Waals surface area contributed by atoms with Crippen LogP contribution in [0.15, 0.2) is 66.7 Å². The number of benzene rings is 3. The summed E-state index contributed by atoms with van der Waals surface area (Å²) in [5.41, 5.74) is 4.09. The van der Waals surface area contributed by atoms with Crippen LogP contribution in [-0.4, -0.2) is 24.2 Å². The smallest absolute Gasteiger partial charge is 0.455 e. The normalized spacial score (nSPS) is 18.7. The maximum atomic E-state index is 13.1. The van der Waals surface area contributed by atoms with Crippen LogP contribution < -0.4 is 15.1 Å². The predicted octanol–water partition coefficient (Wildman–Crippen LogP) is 5.18. The standard InChI is InChI=1S/C28H30BNO4/c1-19-10-13-23(14-11-19)32-25-17-22(29-33-27(2,3)28(4,5)34-29)12-15-24(25)30-18-21-9-7-6-8-20(21)16-26(30)31/h6-15,17H,16,18H2,1-5H3. The lowest BCUT2D eigenvalue weighted by atomic mass is 9.79. The van der Waals surface area contributed by atoms with E-state index in [1.54, 1.807) is 4.90 Å². The van der Waals surface area contributed by atoms with Crippen LogP contribution in [0.4, 0.5) is 5.69 Å². The molecule has 0 saturated carbocycles. The van der Waals surface area contributed by atoms with Gasteiger partial charge in [0.1, 0.15) is 5.75 Å². The van der Waals surface area contributed by atoms with Gasteiger partial charge in [0.05, 0.1) is 29.9 Å². The highest BCUT2D eigenvalue weighted by molar-refractivity contribution is 6.62. The first kappa shape index (κ1) is 22.7. The molecule has 1 amide bonds. The number of amides is 1. The van der Waals surface area contributed by atoms with Gasteiger partial charge in [-0.25, -0.2) is 0 Å². The Bertz CT molecular complexity index is 1220. The van der Waals surface area contributed by atoms with Gasteiger partial charge in [0.15, 0.2) is 5.75 Å². The van der Waals surface area contributed by atoms with Crippen molar-refractivity contribution in [2.45, 2.75) is 58.8 Å². The molecule has 0 aromatic heterocycles. The number of ether oxygens (including phenoxy) is 1. The fourth-order valence-electron chi connectivity index (χ4n) is 4.32. The third-order valence-electron chi connectivity index (χ3n) is 7.14. The number of carbonyl (C=O) groups is 1. The van der Waals surface area contributed by atoms with Crippen LogP contribution in [0.5, 0.6) is 11.5 Å². The third-order valence-corrected chi connectivity index (χ3v) is 7.14. The molecule has 0 unspecified atom stereocenters. The second kappa shape index (κ2) is 8.29. The van der Waals surface area contributed by atoms with Gasteiger partial charge in [0.25, 0.3) is 0 Å². The molecule has 174 valence electrons. The minimum absolute atomic E-state index is 0.0517. The molecule has 3 aromatic carbocycles. The molecule has 1 saturated heterocycles. The van der Waals surface area contributed by atoms with Crippen molar-refractivity contribution in [2.75, 3.05) is 4.90 Å². The van der Waals surface area contributed by atoms with Crippen molar-refractivity contribution >= 4 is 24.2 Å². The Hall–Kier alpha value is -3.09. The number of hydrogen-bond acceptors (Lipinski definition) is 4. The summed E-state index contributed by atoms with van der Waals surface area (Å²) < 4.78 is 18.9. The Morgan fingerprint density at radius 1 is 0.882 bits per heavy atom. The molecule has 0 N–H and O–H groups in total. The maximum absolute atomic E-state index is 13.1. The zero-order valence-corrected chi connectivity index (χ0v) is 20.4. The van der Waals surface area contributed by atoms with Crippen molar-refractivity contribution in [1.29, 1.82) is 0 Å². The van der Waals surface area contributed by atoms with Crippen molar-refractivity contribution in [3.05, 3.63) is 83.4 Å². The van der Waals surface area contributed by atoms with Gasteiger partial charge < -0.3 is 18.9 Å². The minimum atomic E-state index is -0.516. The van der Waals surface area contributed by atoms with Crippen molar-refractivity contribution in [3.63, 3.8) is 0 Å². The van der Waals surface area contributed by atoms with E-state index in [1.165, 1.54) is 0 Å². The lowest BCUT2D eigenvalue weighted by Gasteiger charge is -2.32. The van der Waals surface area contributed by atoms with Crippen LogP contribution in [0.1, 0.15) is 44.4 Å². The van der Waals surface area contributed by atoms with Gasteiger partial charge in [-0.2, -0.15) is 0 Å². The molecule has 0 spiro atoms. The lowest BCUT2D eigenvalue weighted by Crippen LogP contribution is -2.41. The Balaban J connectivity index is 1.53. The number of fused-ring (bicyclic) bond motifs is 1. The lowest BCUT2D eigenvalue weighted by molar-refractivity contribution is -0.118. The van der Waals surface area contributed by atoms with Crippen LogP contribution in [-0.2, 0) is 27.1 Å². The molecule has 6 heteroatoms. The second-order valence-electron chi connectivity index (χ2n) is 10.2. The monoisotopic (exact) mass is 455 g/mol. The summed E-state index contributed by atoms with van der Waals surface area (Å²) in [5.74, 6) is 1.36. The Morgan fingerprint density at radius 2 is 1.53 bits per heavy atom. The molecule has 1 fully saturated rings. The molecule has 3 aromatic rings. The fourth-order valence-corrected chi connectivity index (χ4v) is 4.32. The van der Waals surface area contributed by atoms with E-state index >= 15 is 0 Å². The van der Waals surface area contributed by atoms with E-state index in [9.17, 15) is 4.79 Å². The third kappa shape index (κ3) is 4.12. The second-order valence-corrected chi connectivity index (χ2v) is 10.2. The van der Waals surface area contributed by atoms with E-state index in [0.29, 0.717) is 24.5 Å². The first-order valence-corrected chi connectivity index (χ1v) is 11.7. The van der Waals surface area contributed by atoms with Crippen molar-refractivity contribution < 1.29 is 18.8 Å². The summed E-state index contributed by atoms with van der Waals surface area (Å²) in [6, 6.07) is 21.8. The molecule has 2 aliphatic rings. The number of nitrogens with zero attached hydrogens (tertiary/aromatic N) is 1. The van der Waals surface area contributed by atoms with Crippen LogP contribution in [0.2, 0.25) is 0 Å². The average Bonchev–Trinajstić information content (AvgIpc) is 3.02. The summed E-state index contributed by atoms with van der Waals surface area (Å²) in [6.45, 7) is 10.7. The number of rotatable bonds is 4. The molecule has 2 heterocycles. The Kier molecular flexibility index (Phi) is 5.54. The van der Waals surface area contributed by atoms with Crippen LogP contribution in [0, 0.1) is 6.92 Å². The molecule has 5 rings (SSSR count). The van der Waals surface area contributed by atoms with Crippen molar-refractivity contribution in [3.8, 4) is 11.5 Å². The molecule has 0 aliphatic carbocycles. The summed E-state index contributed by atoms with van der Waals surface area (Å²) in [6.07, 6.45) is 0.374. The molecular formula is C28H30BNO4. The molecule has 2 aliphatic heterocycles.